The van der Waals surface area contributed by atoms with Crippen LogP contribution in [0.2, 0.25) is 0 Å². The molecular formula is C13H24N2O. The standard InChI is InChI=1S/C13H24N2O/c1-9(2)15-13(12(14)16)7-3-4-11(8-13)10-5-6-10/h9-11,15H,3-8H2,1-2H3,(H2,14,16). The average molecular weight is 224 g/mol. The fraction of sp³-hybridized carbons (Fsp3) is 0.923. The van der Waals surface area contributed by atoms with E-state index in [-0.39, 0.29) is 5.91 Å². The second-order valence-electron chi connectivity index (χ2n) is 5.94. The summed E-state index contributed by atoms with van der Waals surface area (Å²) in [5.41, 5.74) is 5.21. The second kappa shape index (κ2) is 4.36. The number of carbonyl (C=O) groups is 1. The molecule has 3 nitrogen and oxygen atoms in total. The first-order valence-corrected chi connectivity index (χ1v) is 6.61. The van der Waals surface area contributed by atoms with E-state index in [9.17, 15) is 4.79 Å². The van der Waals surface area contributed by atoms with Crippen molar-refractivity contribution in [3.05, 3.63) is 0 Å². The Morgan fingerprint density at radius 2 is 2.00 bits per heavy atom. The summed E-state index contributed by atoms with van der Waals surface area (Å²) in [6.07, 6.45) is 7.04. The molecule has 0 saturated heterocycles. The topological polar surface area (TPSA) is 55.1 Å². The molecule has 0 bridgehead atoms. The summed E-state index contributed by atoms with van der Waals surface area (Å²) < 4.78 is 0. The van der Waals surface area contributed by atoms with Crippen LogP contribution < -0.4 is 11.1 Å². The van der Waals surface area contributed by atoms with Gasteiger partial charge < -0.3 is 11.1 Å². The third-order valence-corrected chi connectivity index (χ3v) is 4.11. The van der Waals surface area contributed by atoms with Crippen LogP contribution in [0.4, 0.5) is 0 Å². The van der Waals surface area contributed by atoms with Crippen LogP contribution in [0.15, 0.2) is 0 Å². The highest BCUT2D eigenvalue weighted by atomic mass is 16.1. The molecule has 3 N–H and O–H groups in total. The van der Waals surface area contributed by atoms with Gasteiger partial charge in [-0.2, -0.15) is 0 Å². The molecule has 2 fully saturated rings. The Hall–Kier alpha value is -0.570. The molecule has 0 aromatic heterocycles. The summed E-state index contributed by atoms with van der Waals surface area (Å²) in [6.45, 7) is 4.18. The van der Waals surface area contributed by atoms with Gasteiger partial charge in [-0.15, -0.1) is 0 Å². The van der Waals surface area contributed by atoms with Crippen LogP contribution in [0.5, 0.6) is 0 Å². The highest BCUT2D eigenvalue weighted by Crippen LogP contribution is 2.46. The van der Waals surface area contributed by atoms with E-state index >= 15 is 0 Å². The SMILES string of the molecule is CC(C)NC1(C(N)=O)CCCC(C2CC2)C1. The minimum Gasteiger partial charge on any atom is -0.368 e. The van der Waals surface area contributed by atoms with Gasteiger partial charge in [0.05, 0.1) is 5.54 Å². The molecule has 0 spiro atoms. The molecule has 0 aromatic rings. The molecular weight excluding hydrogens is 200 g/mol. The summed E-state index contributed by atoms with van der Waals surface area (Å²) in [5, 5.41) is 3.43. The van der Waals surface area contributed by atoms with Gasteiger partial charge in [0.2, 0.25) is 5.91 Å². The molecule has 0 heterocycles. The Labute approximate surface area is 98.2 Å². The van der Waals surface area contributed by atoms with Crippen LogP contribution in [0, 0.1) is 11.8 Å². The highest BCUT2D eigenvalue weighted by Gasteiger charge is 2.45. The molecule has 16 heavy (non-hydrogen) atoms. The van der Waals surface area contributed by atoms with Gasteiger partial charge in [-0.25, -0.2) is 0 Å². The lowest BCUT2D eigenvalue weighted by molar-refractivity contribution is -0.127. The molecule has 1 amide bonds. The molecule has 2 rings (SSSR count). The molecule has 2 unspecified atom stereocenters. The van der Waals surface area contributed by atoms with Crippen molar-refractivity contribution >= 4 is 5.91 Å². The molecule has 2 aliphatic carbocycles. The molecule has 2 atom stereocenters. The monoisotopic (exact) mass is 224 g/mol. The number of hydrogen-bond donors (Lipinski definition) is 2. The first-order valence-electron chi connectivity index (χ1n) is 6.61. The van der Waals surface area contributed by atoms with Crippen molar-refractivity contribution in [1.29, 1.82) is 0 Å². The van der Waals surface area contributed by atoms with Gasteiger partial charge in [-0.1, -0.05) is 12.8 Å². The number of primary amides is 1. The minimum atomic E-state index is -0.417. The van der Waals surface area contributed by atoms with Crippen molar-refractivity contribution in [1.82, 2.24) is 5.32 Å². The number of rotatable bonds is 4. The van der Waals surface area contributed by atoms with Crippen LogP contribution in [0.25, 0.3) is 0 Å². The van der Waals surface area contributed by atoms with E-state index in [1.165, 1.54) is 19.3 Å². The number of nitrogens with two attached hydrogens (primary N) is 1. The van der Waals surface area contributed by atoms with Gasteiger partial charge in [0.15, 0.2) is 0 Å². The Morgan fingerprint density at radius 1 is 1.31 bits per heavy atom. The lowest BCUT2D eigenvalue weighted by Crippen LogP contribution is -2.60. The second-order valence-corrected chi connectivity index (χ2v) is 5.94. The van der Waals surface area contributed by atoms with E-state index in [2.05, 4.69) is 19.2 Å². The van der Waals surface area contributed by atoms with E-state index in [4.69, 9.17) is 5.73 Å². The molecule has 2 aliphatic rings. The van der Waals surface area contributed by atoms with E-state index < -0.39 is 5.54 Å². The zero-order valence-corrected chi connectivity index (χ0v) is 10.5. The quantitative estimate of drug-likeness (QED) is 0.765. The number of hydrogen-bond acceptors (Lipinski definition) is 2. The lowest BCUT2D eigenvalue weighted by atomic mass is 9.73. The molecule has 2 saturated carbocycles. The number of nitrogens with one attached hydrogen (secondary N) is 1. The largest absolute Gasteiger partial charge is 0.368 e. The smallest absolute Gasteiger partial charge is 0.237 e. The van der Waals surface area contributed by atoms with Crippen LogP contribution in [0.3, 0.4) is 0 Å². The van der Waals surface area contributed by atoms with Gasteiger partial charge in [0.1, 0.15) is 0 Å². The summed E-state index contributed by atoms with van der Waals surface area (Å²) in [7, 11) is 0. The van der Waals surface area contributed by atoms with Crippen molar-refractivity contribution in [3.8, 4) is 0 Å². The van der Waals surface area contributed by atoms with Crippen molar-refractivity contribution in [2.45, 2.75) is 64.0 Å². The van der Waals surface area contributed by atoms with Crippen molar-refractivity contribution in [2.24, 2.45) is 17.6 Å². The third-order valence-electron chi connectivity index (χ3n) is 4.11. The molecule has 92 valence electrons. The maximum absolute atomic E-state index is 11.8. The Kier molecular flexibility index (Phi) is 3.24. The predicted molar refractivity (Wildman–Crippen MR) is 64.9 cm³/mol. The van der Waals surface area contributed by atoms with Crippen molar-refractivity contribution in [3.63, 3.8) is 0 Å². The summed E-state index contributed by atoms with van der Waals surface area (Å²) >= 11 is 0. The average Bonchev–Trinajstić information content (AvgIpc) is 2.99. The molecule has 0 radical (unpaired) electrons. The van der Waals surface area contributed by atoms with E-state index in [1.807, 2.05) is 0 Å². The zero-order valence-electron chi connectivity index (χ0n) is 10.5. The Bertz CT molecular complexity index is 273. The van der Waals surface area contributed by atoms with E-state index in [0.717, 1.165) is 31.1 Å². The maximum Gasteiger partial charge on any atom is 0.237 e. The first-order chi connectivity index (χ1) is 7.53. The Morgan fingerprint density at radius 3 is 2.50 bits per heavy atom. The van der Waals surface area contributed by atoms with Crippen molar-refractivity contribution in [2.75, 3.05) is 0 Å². The molecule has 0 aromatic carbocycles. The van der Waals surface area contributed by atoms with Gasteiger partial charge in [-0.3, -0.25) is 4.79 Å². The Balaban J connectivity index is 2.07. The van der Waals surface area contributed by atoms with Crippen LogP contribution in [-0.4, -0.2) is 17.5 Å². The van der Waals surface area contributed by atoms with Crippen molar-refractivity contribution < 1.29 is 4.79 Å². The van der Waals surface area contributed by atoms with Gasteiger partial charge in [0.25, 0.3) is 0 Å². The number of carbonyl (C=O) groups excluding carboxylic acids is 1. The van der Waals surface area contributed by atoms with Gasteiger partial charge in [-0.05, 0) is 51.4 Å². The summed E-state index contributed by atoms with van der Waals surface area (Å²) in [6, 6.07) is 0.324. The summed E-state index contributed by atoms with van der Waals surface area (Å²) in [4.78, 5) is 11.8. The van der Waals surface area contributed by atoms with Gasteiger partial charge in [0, 0.05) is 6.04 Å². The normalized spacial score (nSPS) is 35.3. The predicted octanol–water partition coefficient (Wildman–Crippen LogP) is 1.81. The fourth-order valence-corrected chi connectivity index (χ4v) is 3.27. The fourth-order valence-electron chi connectivity index (χ4n) is 3.27. The molecule has 3 heteroatoms. The van der Waals surface area contributed by atoms with Gasteiger partial charge >= 0.3 is 0 Å². The van der Waals surface area contributed by atoms with Crippen LogP contribution in [-0.2, 0) is 4.79 Å². The van der Waals surface area contributed by atoms with Crippen LogP contribution >= 0.6 is 0 Å². The molecule has 0 aliphatic heterocycles. The van der Waals surface area contributed by atoms with Crippen LogP contribution in [0.1, 0.15) is 52.4 Å². The lowest BCUT2D eigenvalue weighted by Gasteiger charge is -2.40. The number of amides is 1. The van der Waals surface area contributed by atoms with E-state index in [1.54, 1.807) is 0 Å². The third kappa shape index (κ3) is 2.40. The minimum absolute atomic E-state index is 0.147. The highest BCUT2D eigenvalue weighted by molar-refractivity contribution is 5.84. The maximum atomic E-state index is 11.8. The van der Waals surface area contributed by atoms with E-state index in [0.29, 0.717) is 6.04 Å². The zero-order chi connectivity index (χ0) is 11.8. The summed E-state index contributed by atoms with van der Waals surface area (Å²) in [5.74, 6) is 1.46. The first kappa shape index (κ1) is 11.9.